The van der Waals surface area contributed by atoms with Crippen molar-refractivity contribution in [2.75, 3.05) is 0 Å². The fourth-order valence-electron chi connectivity index (χ4n) is 4.40. The maximum Gasteiger partial charge on any atom is 0.367 e. The Bertz CT molecular complexity index is 831. The van der Waals surface area contributed by atoms with Gasteiger partial charge in [0.05, 0.1) is 5.92 Å². The van der Waals surface area contributed by atoms with Crippen LogP contribution in [0.25, 0.3) is 0 Å². The largest absolute Gasteiger partial charge is 0.428 e. The van der Waals surface area contributed by atoms with E-state index in [-0.39, 0.29) is 29.4 Å². The average molecular weight is 416 g/mol. The van der Waals surface area contributed by atoms with E-state index in [2.05, 4.69) is 4.99 Å². The molecule has 29 heavy (non-hydrogen) atoms. The molecule has 3 aliphatic rings. The molecule has 0 atom stereocenters. The van der Waals surface area contributed by atoms with Crippen LogP contribution in [0, 0.1) is 11.8 Å². The molecule has 0 aromatic heterocycles. The number of ether oxygens (including phenoxy) is 2. The number of allylic oxidation sites excluding steroid dienone is 1. The Hall–Kier alpha value is -2.14. The molecule has 2 saturated carbocycles. The number of cyclic esters (lactones) is 1. The first-order valence-corrected chi connectivity index (χ1v) is 11.0. The van der Waals surface area contributed by atoms with Crippen LogP contribution in [0.1, 0.15) is 69.8 Å². The molecule has 1 aliphatic heterocycles. The molecule has 6 heteroatoms. The molecule has 0 saturated heterocycles. The van der Waals surface area contributed by atoms with Gasteiger partial charge in [-0.15, -0.1) is 0 Å². The third kappa shape index (κ3) is 4.72. The highest BCUT2D eigenvalue weighted by atomic mass is 35.5. The first kappa shape index (κ1) is 20.1. The molecule has 2 aliphatic carbocycles. The van der Waals surface area contributed by atoms with Crippen molar-refractivity contribution in [3.63, 3.8) is 0 Å². The van der Waals surface area contributed by atoms with Crippen LogP contribution in [0.5, 0.6) is 0 Å². The van der Waals surface area contributed by atoms with Gasteiger partial charge in [0.25, 0.3) is 0 Å². The highest BCUT2D eigenvalue weighted by Crippen LogP contribution is 2.36. The van der Waals surface area contributed by atoms with Gasteiger partial charge in [-0.25, -0.2) is 9.79 Å². The van der Waals surface area contributed by atoms with Crippen LogP contribution in [-0.4, -0.2) is 17.8 Å². The van der Waals surface area contributed by atoms with Gasteiger partial charge in [-0.05, 0) is 49.9 Å². The highest BCUT2D eigenvalue weighted by molar-refractivity contribution is 6.30. The fourth-order valence-corrected chi connectivity index (χ4v) is 4.52. The lowest BCUT2D eigenvalue weighted by Crippen LogP contribution is -2.24. The lowest BCUT2D eigenvalue weighted by molar-refractivity contribution is -0.146. The Morgan fingerprint density at radius 3 is 2.14 bits per heavy atom. The summed E-state index contributed by atoms with van der Waals surface area (Å²) < 4.78 is 11.3. The van der Waals surface area contributed by atoms with Crippen LogP contribution in [0.3, 0.4) is 0 Å². The number of carbonyl (C=O) groups excluding carboxylic acids is 2. The van der Waals surface area contributed by atoms with Gasteiger partial charge in [0.1, 0.15) is 5.76 Å². The Labute approximate surface area is 176 Å². The van der Waals surface area contributed by atoms with Crippen molar-refractivity contribution in [2.45, 2.75) is 64.2 Å². The van der Waals surface area contributed by atoms with Crippen LogP contribution < -0.4 is 0 Å². The minimum absolute atomic E-state index is 0.0344. The smallest absolute Gasteiger partial charge is 0.367 e. The summed E-state index contributed by atoms with van der Waals surface area (Å²) in [5, 5.41) is 0.596. The third-order valence-corrected chi connectivity index (χ3v) is 6.30. The Balaban J connectivity index is 1.64. The van der Waals surface area contributed by atoms with Crippen LogP contribution in [0.2, 0.25) is 5.02 Å². The summed E-state index contributed by atoms with van der Waals surface area (Å²) >= 11 is 5.94. The number of hydrogen-bond donors (Lipinski definition) is 0. The van der Waals surface area contributed by atoms with Gasteiger partial charge in [0.15, 0.2) is 5.70 Å². The zero-order valence-electron chi connectivity index (χ0n) is 16.5. The molecule has 1 aromatic carbocycles. The Morgan fingerprint density at radius 1 is 0.931 bits per heavy atom. The average Bonchev–Trinajstić information content (AvgIpc) is 3.15. The number of hydrogen-bond acceptors (Lipinski definition) is 5. The van der Waals surface area contributed by atoms with E-state index >= 15 is 0 Å². The summed E-state index contributed by atoms with van der Waals surface area (Å²) in [6.45, 7) is 0. The highest BCUT2D eigenvalue weighted by Gasteiger charge is 2.35. The molecule has 0 amide bonds. The van der Waals surface area contributed by atoms with Crippen molar-refractivity contribution in [1.82, 2.24) is 0 Å². The molecular weight excluding hydrogens is 390 g/mol. The fraction of sp³-hybridized carbons (Fsp3) is 0.522. The third-order valence-electron chi connectivity index (χ3n) is 6.05. The van der Waals surface area contributed by atoms with E-state index in [0.29, 0.717) is 16.3 Å². The number of rotatable bonds is 4. The molecular formula is C23H26ClNO4. The number of halogens is 1. The summed E-state index contributed by atoms with van der Waals surface area (Å²) in [6, 6.07) is 6.96. The molecule has 0 spiro atoms. The van der Waals surface area contributed by atoms with Gasteiger partial charge >= 0.3 is 11.9 Å². The van der Waals surface area contributed by atoms with Gasteiger partial charge < -0.3 is 9.47 Å². The first-order chi connectivity index (χ1) is 14.1. The molecule has 1 heterocycles. The summed E-state index contributed by atoms with van der Waals surface area (Å²) in [7, 11) is 0. The molecule has 0 bridgehead atoms. The molecule has 154 valence electrons. The summed E-state index contributed by atoms with van der Waals surface area (Å²) in [4.78, 5) is 29.9. The van der Waals surface area contributed by atoms with Crippen LogP contribution in [0.15, 0.2) is 40.7 Å². The molecule has 0 N–H and O–H groups in total. The molecule has 2 fully saturated rings. The standard InChI is InChI=1S/C23H26ClNO4/c24-18-13-11-16(12-14-18)21-25-19(23(27)29-21)20(15-7-3-1-4-8-15)28-22(26)17-9-5-2-6-10-17/h11-15,17H,1-10H2. The molecule has 0 radical (unpaired) electrons. The quantitative estimate of drug-likeness (QED) is 0.367. The van der Waals surface area contributed by atoms with Gasteiger partial charge in [-0.1, -0.05) is 50.1 Å². The summed E-state index contributed by atoms with van der Waals surface area (Å²) in [6.07, 6.45) is 10.1. The van der Waals surface area contributed by atoms with Gasteiger partial charge in [0.2, 0.25) is 5.90 Å². The lowest BCUT2D eigenvalue weighted by Gasteiger charge is -2.26. The van der Waals surface area contributed by atoms with Crippen molar-refractivity contribution in [1.29, 1.82) is 0 Å². The summed E-state index contributed by atoms with van der Waals surface area (Å²) in [5.41, 5.74) is 0.811. The maximum absolute atomic E-state index is 12.8. The lowest BCUT2D eigenvalue weighted by atomic mass is 9.86. The first-order valence-electron chi connectivity index (χ1n) is 10.6. The van der Waals surface area contributed by atoms with Crippen molar-refractivity contribution in [2.24, 2.45) is 16.8 Å². The number of nitrogens with zero attached hydrogens (tertiary/aromatic N) is 1. The number of benzene rings is 1. The Morgan fingerprint density at radius 2 is 1.52 bits per heavy atom. The molecule has 0 unspecified atom stereocenters. The maximum atomic E-state index is 12.8. The van der Waals surface area contributed by atoms with Gasteiger partial charge in [-0.3, -0.25) is 4.79 Å². The van der Waals surface area contributed by atoms with E-state index in [1.807, 2.05) is 0 Å². The van der Waals surface area contributed by atoms with Crippen molar-refractivity contribution in [3.05, 3.63) is 46.3 Å². The number of aliphatic imine (C=N–C) groups is 1. The van der Waals surface area contributed by atoms with Crippen LogP contribution >= 0.6 is 11.6 Å². The van der Waals surface area contributed by atoms with E-state index in [9.17, 15) is 9.59 Å². The Kier molecular flexibility index (Phi) is 6.34. The van der Waals surface area contributed by atoms with Crippen molar-refractivity contribution >= 4 is 29.4 Å². The normalized spacial score (nSPS) is 22.8. The van der Waals surface area contributed by atoms with Crippen LogP contribution in [-0.2, 0) is 19.1 Å². The van der Waals surface area contributed by atoms with Crippen molar-refractivity contribution < 1.29 is 19.1 Å². The van der Waals surface area contributed by atoms with Crippen LogP contribution in [0.4, 0.5) is 0 Å². The number of esters is 2. The second-order valence-electron chi connectivity index (χ2n) is 8.12. The van der Waals surface area contributed by atoms with E-state index < -0.39 is 5.97 Å². The molecule has 1 aromatic rings. The van der Waals surface area contributed by atoms with Gasteiger partial charge in [0, 0.05) is 16.5 Å². The second-order valence-corrected chi connectivity index (χ2v) is 8.55. The minimum atomic E-state index is -0.549. The molecule has 5 nitrogen and oxygen atoms in total. The topological polar surface area (TPSA) is 65.0 Å². The van der Waals surface area contributed by atoms with E-state index in [1.165, 1.54) is 12.8 Å². The minimum Gasteiger partial charge on any atom is -0.428 e. The van der Waals surface area contributed by atoms with Crippen molar-refractivity contribution in [3.8, 4) is 0 Å². The van der Waals surface area contributed by atoms with E-state index in [0.717, 1.165) is 51.4 Å². The monoisotopic (exact) mass is 415 g/mol. The van der Waals surface area contributed by atoms with E-state index in [4.69, 9.17) is 21.1 Å². The molecule has 4 rings (SSSR count). The second kappa shape index (κ2) is 9.12. The zero-order valence-corrected chi connectivity index (χ0v) is 17.2. The zero-order chi connectivity index (χ0) is 20.2. The predicted octanol–water partition coefficient (Wildman–Crippen LogP) is 5.56. The predicted molar refractivity (Wildman–Crippen MR) is 110 cm³/mol. The summed E-state index contributed by atoms with van der Waals surface area (Å²) in [5.74, 6) is -0.183. The number of carbonyl (C=O) groups is 2. The van der Waals surface area contributed by atoms with Gasteiger partial charge in [-0.2, -0.15) is 0 Å². The van der Waals surface area contributed by atoms with E-state index in [1.54, 1.807) is 24.3 Å². The SMILES string of the molecule is O=C1OC(c2ccc(Cl)cc2)=NC1=C(OC(=O)C1CCCCC1)C1CCCCC1.